The number of carbonyl (C=O) groups excluding carboxylic acids is 3. The van der Waals surface area contributed by atoms with Gasteiger partial charge in [0.2, 0.25) is 11.7 Å². The first-order chi connectivity index (χ1) is 15.4. The van der Waals surface area contributed by atoms with Crippen LogP contribution in [0.5, 0.6) is 5.75 Å². The highest BCUT2D eigenvalue weighted by Crippen LogP contribution is 2.18. The number of para-hydroxylation sites is 1. The number of amides is 2. The second kappa shape index (κ2) is 10.8. The molecule has 9 heteroatoms. The number of hydrogen-bond acceptors (Lipinski definition) is 6. The SMILES string of the molecule is NC(=O)CCN(C(=O)COC(=O)c1occc1COc1ccccc1)c1ccc(F)cc1. The van der Waals surface area contributed by atoms with E-state index in [0.29, 0.717) is 17.0 Å². The van der Waals surface area contributed by atoms with Gasteiger partial charge in [-0.3, -0.25) is 9.59 Å². The Labute approximate surface area is 183 Å². The molecule has 0 fully saturated rings. The highest BCUT2D eigenvalue weighted by molar-refractivity contribution is 5.97. The number of furan rings is 1. The molecule has 0 bridgehead atoms. The van der Waals surface area contributed by atoms with Crippen LogP contribution in [0.4, 0.5) is 10.1 Å². The number of nitrogens with zero attached hydrogens (tertiary/aromatic N) is 1. The Hall–Kier alpha value is -4.14. The van der Waals surface area contributed by atoms with Crippen LogP contribution in [0.2, 0.25) is 0 Å². The van der Waals surface area contributed by atoms with Crippen molar-refractivity contribution < 1.29 is 32.7 Å². The van der Waals surface area contributed by atoms with Crippen LogP contribution in [0.15, 0.2) is 71.3 Å². The highest BCUT2D eigenvalue weighted by Gasteiger charge is 2.22. The largest absolute Gasteiger partial charge is 0.489 e. The monoisotopic (exact) mass is 440 g/mol. The molecule has 2 aromatic carbocycles. The van der Waals surface area contributed by atoms with Crippen molar-refractivity contribution in [3.63, 3.8) is 0 Å². The average molecular weight is 440 g/mol. The van der Waals surface area contributed by atoms with Crippen molar-refractivity contribution in [3.05, 3.63) is 84.1 Å². The van der Waals surface area contributed by atoms with Crippen LogP contribution >= 0.6 is 0 Å². The third-order valence-electron chi connectivity index (χ3n) is 4.42. The maximum Gasteiger partial charge on any atom is 0.375 e. The zero-order valence-corrected chi connectivity index (χ0v) is 17.0. The molecular weight excluding hydrogens is 419 g/mol. The van der Waals surface area contributed by atoms with Gasteiger partial charge < -0.3 is 24.5 Å². The van der Waals surface area contributed by atoms with Crippen molar-refractivity contribution in [2.24, 2.45) is 5.73 Å². The molecule has 0 atom stereocenters. The first kappa shape index (κ1) is 22.5. The first-order valence-electron chi connectivity index (χ1n) is 9.69. The van der Waals surface area contributed by atoms with Gasteiger partial charge in [0.05, 0.1) is 6.26 Å². The van der Waals surface area contributed by atoms with Gasteiger partial charge in [0.15, 0.2) is 6.61 Å². The van der Waals surface area contributed by atoms with Crippen LogP contribution in [0, 0.1) is 5.82 Å². The fraction of sp³-hybridized carbons (Fsp3) is 0.174. The van der Waals surface area contributed by atoms with Crippen molar-refractivity contribution in [2.75, 3.05) is 18.1 Å². The molecule has 0 radical (unpaired) electrons. The molecule has 3 rings (SSSR count). The molecule has 1 heterocycles. The van der Waals surface area contributed by atoms with Gasteiger partial charge in [0.25, 0.3) is 5.91 Å². The summed E-state index contributed by atoms with van der Waals surface area (Å²) in [6.07, 6.45) is 1.20. The standard InChI is InChI=1S/C23H21FN2O6/c24-17-6-8-18(9-7-17)26(12-10-20(25)27)21(28)15-32-23(29)22-16(11-13-30-22)14-31-19-4-2-1-3-5-19/h1-9,11,13H,10,12,14-15H2,(H2,25,27). The Morgan fingerprint density at radius 1 is 1.00 bits per heavy atom. The van der Waals surface area contributed by atoms with Gasteiger partial charge in [-0.25, -0.2) is 9.18 Å². The maximum atomic E-state index is 13.2. The second-order valence-electron chi connectivity index (χ2n) is 6.69. The lowest BCUT2D eigenvalue weighted by molar-refractivity contribution is -0.122. The summed E-state index contributed by atoms with van der Waals surface area (Å²) in [5.74, 6) is -2.01. The lowest BCUT2D eigenvalue weighted by atomic mass is 10.2. The summed E-state index contributed by atoms with van der Waals surface area (Å²) in [7, 11) is 0. The third kappa shape index (κ3) is 6.18. The zero-order chi connectivity index (χ0) is 22.9. The molecule has 32 heavy (non-hydrogen) atoms. The number of rotatable bonds is 10. The molecular formula is C23H21FN2O6. The van der Waals surface area contributed by atoms with E-state index in [0.717, 1.165) is 0 Å². The normalized spacial score (nSPS) is 10.4. The van der Waals surface area contributed by atoms with Gasteiger partial charge in [0, 0.05) is 24.2 Å². The van der Waals surface area contributed by atoms with Gasteiger partial charge in [-0.2, -0.15) is 0 Å². The van der Waals surface area contributed by atoms with E-state index in [2.05, 4.69) is 0 Å². The molecule has 0 saturated heterocycles. The number of carbonyl (C=O) groups is 3. The molecule has 2 N–H and O–H groups in total. The highest BCUT2D eigenvalue weighted by atomic mass is 19.1. The Morgan fingerprint density at radius 2 is 1.72 bits per heavy atom. The summed E-state index contributed by atoms with van der Waals surface area (Å²) in [5.41, 5.74) is 5.96. The Morgan fingerprint density at radius 3 is 2.41 bits per heavy atom. The van der Waals surface area contributed by atoms with Crippen molar-refractivity contribution >= 4 is 23.5 Å². The number of ether oxygens (including phenoxy) is 2. The molecule has 1 aromatic heterocycles. The summed E-state index contributed by atoms with van der Waals surface area (Å²) < 4.78 is 29.1. The van der Waals surface area contributed by atoms with Crippen molar-refractivity contribution in [1.29, 1.82) is 0 Å². The molecule has 0 aliphatic carbocycles. The van der Waals surface area contributed by atoms with E-state index < -0.39 is 30.2 Å². The molecule has 0 saturated carbocycles. The van der Waals surface area contributed by atoms with E-state index in [1.807, 2.05) is 18.2 Å². The number of hydrogen-bond donors (Lipinski definition) is 1. The van der Waals surface area contributed by atoms with Gasteiger partial charge in [-0.15, -0.1) is 0 Å². The minimum absolute atomic E-state index is 0.0474. The van der Waals surface area contributed by atoms with E-state index in [9.17, 15) is 18.8 Å². The van der Waals surface area contributed by atoms with Crippen LogP contribution in [-0.2, 0) is 20.9 Å². The van der Waals surface area contributed by atoms with E-state index in [4.69, 9.17) is 19.6 Å². The van der Waals surface area contributed by atoms with E-state index in [-0.39, 0.29) is 25.3 Å². The van der Waals surface area contributed by atoms with Gasteiger partial charge >= 0.3 is 5.97 Å². The molecule has 0 aliphatic rings. The van der Waals surface area contributed by atoms with Gasteiger partial charge in [-0.05, 0) is 42.5 Å². The van der Waals surface area contributed by atoms with Gasteiger partial charge in [0.1, 0.15) is 18.2 Å². The second-order valence-corrected chi connectivity index (χ2v) is 6.69. The quantitative estimate of drug-likeness (QED) is 0.485. The number of anilines is 1. The number of esters is 1. The Bertz CT molecular complexity index is 1070. The number of nitrogens with two attached hydrogens (primary N) is 1. The van der Waals surface area contributed by atoms with Crippen molar-refractivity contribution in [3.8, 4) is 5.75 Å². The Balaban J connectivity index is 1.62. The average Bonchev–Trinajstić information content (AvgIpc) is 3.26. The molecule has 0 unspecified atom stereocenters. The summed E-state index contributed by atoms with van der Waals surface area (Å²) in [5, 5.41) is 0. The predicted molar refractivity (Wildman–Crippen MR) is 112 cm³/mol. The van der Waals surface area contributed by atoms with Crippen LogP contribution in [0.1, 0.15) is 22.5 Å². The number of benzene rings is 2. The van der Waals surface area contributed by atoms with E-state index >= 15 is 0 Å². The number of primary amides is 1. The maximum absolute atomic E-state index is 13.2. The lowest BCUT2D eigenvalue weighted by Crippen LogP contribution is -2.37. The van der Waals surface area contributed by atoms with Gasteiger partial charge in [-0.1, -0.05) is 18.2 Å². The van der Waals surface area contributed by atoms with Crippen LogP contribution in [0.3, 0.4) is 0 Å². The molecule has 166 valence electrons. The zero-order valence-electron chi connectivity index (χ0n) is 17.0. The minimum atomic E-state index is -0.844. The van der Waals surface area contributed by atoms with Crippen LogP contribution < -0.4 is 15.4 Å². The molecule has 2 amide bonds. The smallest absolute Gasteiger partial charge is 0.375 e. The summed E-state index contributed by atoms with van der Waals surface area (Å²) in [6, 6.07) is 15.7. The molecule has 0 spiro atoms. The summed E-state index contributed by atoms with van der Waals surface area (Å²) >= 11 is 0. The van der Waals surface area contributed by atoms with Crippen molar-refractivity contribution in [2.45, 2.75) is 13.0 Å². The van der Waals surface area contributed by atoms with Crippen molar-refractivity contribution in [1.82, 2.24) is 0 Å². The van der Waals surface area contributed by atoms with Crippen LogP contribution in [-0.4, -0.2) is 30.9 Å². The fourth-order valence-corrected chi connectivity index (χ4v) is 2.82. The third-order valence-corrected chi connectivity index (χ3v) is 4.42. The Kier molecular flexibility index (Phi) is 7.58. The van der Waals surface area contributed by atoms with E-state index in [1.165, 1.54) is 35.4 Å². The van der Waals surface area contributed by atoms with Crippen LogP contribution in [0.25, 0.3) is 0 Å². The fourth-order valence-electron chi connectivity index (χ4n) is 2.82. The predicted octanol–water partition coefficient (Wildman–Crippen LogP) is 3.06. The molecule has 0 aliphatic heterocycles. The lowest BCUT2D eigenvalue weighted by Gasteiger charge is -2.22. The number of halogens is 1. The molecule has 8 nitrogen and oxygen atoms in total. The van der Waals surface area contributed by atoms with E-state index in [1.54, 1.807) is 18.2 Å². The summed E-state index contributed by atoms with van der Waals surface area (Å²) in [4.78, 5) is 37.4. The minimum Gasteiger partial charge on any atom is -0.489 e. The molecule has 3 aromatic rings. The topological polar surface area (TPSA) is 112 Å². The first-order valence-corrected chi connectivity index (χ1v) is 9.69. The summed E-state index contributed by atoms with van der Waals surface area (Å²) in [6.45, 7) is -0.595.